The molecule has 0 saturated carbocycles. The molecular formula is C24H19N3O3S. The summed E-state index contributed by atoms with van der Waals surface area (Å²) in [7, 11) is -3.84. The van der Waals surface area contributed by atoms with Gasteiger partial charge in [0.25, 0.3) is 15.9 Å². The van der Waals surface area contributed by atoms with Gasteiger partial charge in [-0.1, -0.05) is 66.7 Å². The zero-order valence-electron chi connectivity index (χ0n) is 16.4. The molecule has 31 heavy (non-hydrogen) atoms. The molecule has 0 aliphatic rings. The molecule has 4 aromatic carbocycles. The Labute approximate surface area is 180 Å². The molecule has 6 nitrogen and oxygen atoms in total. The Bertz CT molecular complexity index is 1370. The summed E-state index contributed by atoms with van der Waals surface area (Å²) in [4.78, 5) is 14.8. The van der Waals surface area contributed by atoms with E-state index in [-0.39, 0.29) is 10.8 Å². The fourth-order valence-corrected chi connectivity index (χ4v) is 3.89. The molecule has 4 aromatic rings. The predicted octanol–water partition coefficient (Wildman–Crippen LogP) is 4.40. The summed E-state index contributed by atoms with van der Waals surface area (Å²) in [6.07, 6.45) is 1.36. The maximum atomic E-state index is 12.6. The first-order chi connectivity index (χ1) is 15.0. The second kappa shape index (κ2) is 8.81. The summed E-state index contributed by atoms with van der Waals surface area (Å²) in [5.41, 5.74) is 1.60. The third kappa shape index (κ3) is 4.79. The van der Waals surface area contributed by atoms with Gasteiger partial charge in [0.05, 0.1) is 11.1 Å². The molecule has 0 saturated heterocycles. The van der Waals surface area contributed by atoms with Crippen LogP contribution in [-0.4, -0.2) is 20.5 Å². The van der Waals surface area contributed by atoms with E-state index in [0.717, 1.165) is 10.8 Å². The quantitative estimate of drug-likeness (QED) is 0.352. The maximum Gasteiger partial charge on any atom is 0.276 e. The highest BCUT2D eigenvalue weighted by Gasteiger charge is 2.13. The van der Waals surface area contributed by atoms with E-state index >= 15 is 0 Å². The van der Waals surface area contributed by atoms with Crippen LogP contribution < -0.4 is 10.1 Å². The zero-order chi connectivity index (χ0) is 21.7. The van der Waals surface area contributed by atoms with Gasteiger partial charge in [0.2, 0.25) is 0 Å². The molecule has 4 rings (SSSR count). The predicted molar refractivity (Wildman–Crippen MR) is 123 cm³/mol. The number of carbonyl (C=O) groups is 1. The van der Waals surface area contributed by atoms with Gasteiger partial charge in [-0.25, -0.2) is 4.83 Å². The van der Waals surface area contributed by atoms with Crippen molar-refractivity contribution >= 4 is 38.6 Å². The number of anilines is 1. The second-order valence-electron chi connectivity index (χ2n) is 6.77. The molecule has 0 unspecified atom stereocenters. The van der Waals surface area contributed by atoms with Crippen LogP contribution in [-0.2, 0) is 10.0 Å². The highest BCUT2D eigenvalue weighted by Crippen LogP contribution is 2.19. The molecule has 0 radical (unpaired) electrons. The summed E-state index contributed by atoms with van der Waals surface area (Å²) in [6.45, 7) is 0. The number of benzene rings is 4. The molecule has 2 N–H and O–H groups in total. The van der Waals surface area contributed by atoms with Crippen molar-refractivity contribution in [3.8, 4) is 0 Å². The van der Waals surface area contributed by atoms with Crippen LogP contribution in [0.25, 0.3) is 10.8 Å². The molecule has 0 aliphatic heterocycles. The number of sulfonamides is 1. The van der Waals surface area contributed by atoms with Gasteiger partial charge in [-0.15, -0.1) is 0 Å². The summed E-state index contributed by atoms with van der Waals surface area (Å²) in [5.74, 6) is -0.266. The van der Waals surface area contributed by atoms with Crippen LogP contribution >= 0.6 is 0 Å². The number of rotatable bonds is 6. The number of fused-ring (bicyclic) bond motifs is 1. The lowest BCUT2D eigenvalue weighted by molar-refractivity contribution is 0.102. The average Bonchev–Trinajstić information content (AvgIpc) is 2.80. The molecule has 154 valence electrons. The largest absolute Gasteiger partial charge is 0.321 e. The van der Waals surface area contributed by atoms with Gasteiger partial charge >= 0.3 is 0 Å². The van der Waals surface area contributed by atoms with E-state index in [2.05, 4.69) is 15.2 Å². The van der Waals surface area contributed by atoms with E-state index in [4.69, 9.17) is 0 Å². The van der Waals surface area contributed by atoms with E-state index in [1.165, 1.54) is 12.3 Å². The van der Waals surface area contributed by atoms with Crippen molar-refractivity contribution in [2.45, 2.75) is 4.90 Å². The molecule has 0 spiro atoms. The summed E-state index contributed by atoms with van der Waals surface area (Å²) >= 11 is 0. The number of hydrogen-bond acceptors (Lipinski definition) is 4. The minimum Gasteiger partial charge on any atom is -0.321 e. The van der Waals surface area contributed by atoms with Crippen molar-refractivity contribution in [2.24, 2.45) is 5.10 Å². The molecule has 0 atom stereocenters. The van der Waals surface area contributed by atoms with E-state index in [1.807, 2.05) is 30.3 Å². The van der Waals surface area contributed by atoms with Gasteiger partial charge in [0.15, 0.2) is 0 Å². The van der Waals surface area contributed by atoms with Crippen LogP contribution in [0.3, 0.4) is 0 Å². The van der Waals surface area contributed by atoms with Crippen molar-refractivity contribution in [1.82, 2.24) is 4.83 Å². The summed E-state index contributed by atoms with van der Waals surface area (Å²) in [6, 6.07) is 28.2. The Balaban J connectivity index is 1.51. The van der Waals surface area contributed by atoms with Gasteiger partial charge in [0.1, 0.15) is 0 Å². The Hall–Kier alpha value is -3.97. The van der Waals surface area contributed by atoms with Crippen LogP contribution in [0.5, 0.6) is 0 Å². The van der Waals surface area contributed by atoms with Crippen molar-refractivity contribution in [3.05, 3.63) is 108 Å². The first-order valence-electron chi connectivity index (χ1n) is 9.52. The van der Waals surface area contributed by atoms with E-state index in [1.54, 1.807) is 60.7 Å². The Kier molecular flexibility index (Phi) is 5.77. The van der Waals surface area contributed by atoms with Crippen LogP contribution in [0, 0.1) is 0 Å². The number of nitrogens with zero attached hydrogens (tertiary/aromatic N) is 1. The number of para-hydroxylation sites is 1. The third-order valence-electron chi connectivity index (χ3n) is 4.65. The number of hydrazone groups is 1. The molecule has 0 aliphatic carbocycles. The van der Waals surface area contributed by atoms with Crippen molar-refractivity contribution in [2.75, 3.05) is 5.32 Å². The Morgan fingerprint density at radius 2 is 1.45 bits per heavy atom. The van der Waals surface area contributed by atoms with Crippen LogP contribution in [0.4, 0.5) is 5.69 Å². The van der Waals surface area contributed by atoms with E-state index in [9.17, 15) is 13.2 Å². The normalized spacial score (nSPS) is 11.5. The van der Waals surface area contributed by atoms with Crippen molar-refractivity contribution in [1.29, 1.82) is 0 Å². The number of hydrogen-bond donors (Lipinski definition) is 2. The smallest absolute Gasteiger partial charge is 0.276 e. The van der Waals surface area contributed by atoms with E-state index < -0.39 is 10.0 Å². The lowest BCUT2D eigenvalue weighted by Gasteiger charge is -2.09. The third-order valence-corrected chi connectivity index (χ3v) is 5.87. The number of amides is 1. The summed E-state index contributed by atoms with van der Waals surface area (Å²) in [5, 5.41) is 8.49. The standard InChI is InChI=1S/C24H19N3O3S/c28-24(19-9-2-1-3-10-19)26-23-13-7-6-12-21(23)17-25-27-31(29,30)22-15-14-18-8-4-5-11-20(18)16-22/h1-17,27H,(H,26,28). The molecule has 0 heterocycles. The van der Waals surface area contributed by atoms with Gasteiger partial charge in [-0.2, -0.15) is 13.5 Å². The van der Waals surface area contributed by atoms with E-state index in [0.29, 0.717) is 16.8 Å². The van der Waals surface area contributed by atoms with Gasteiger partial charge < -0.3 is 5.32 Å². The first kappa shape index (κ1) is 20.3. The molecule has 0 bridgehead atoms. The Morgan fingerprint density at radius 3 is 2.26 bits per heavy atom. The number of nitrogens with one attached hydrogen (secondary N) is 2. The van der Waals surface area contributed by atoms with Crippen LogP contribution in [0.2, 0.25) is 0 Å². The van der Waals surface area contributed by atoms with Crippen molar-refractivity contribution < 1.29 is 13.2 Å². The minimum atomic E-state index is -3.84. The van der Waals surface area contributed by atoms with Gasteiger partial charge in [0, 0.05) is 16.8 Å². The fourth-order valence-electron chi connectivity index (χ4n) is 3.06. The molecular weight excluding hydrogens is 410 g/mol. The lowest BCUT2D eigenvalue weighted by Crippen LogP contribution is -2.18. The number of carbonyl (C=O) groups excluding carboxylic acids is 1. The van der Waals surface area contributed by atoms with Crippen LogP contribution in [0.15, 0.2) is 107 Å². The van der Waals surface area contributed by atoms with Gasteiger partial charge in [-0.05, 0) is 41.1 Å². The Morgan fingerprint density at radius 1 is 0.774 bits per heavy atom. The topological polar surface area (TPSA) is 87.6 Å². The van der Waals surface area contributed by atoms with Crippen LogP contribution in [0.1, 0.15) is 15.9 Å². The fraction of sp³-hybridized carbons (Fsp3) is 0. The lowest BCUT2D eigenvalue weighted by atomic mass is 10.1. The first-order valence-corrected chi connectivity index (χ1v) is 11.0. The van der Waals surface area contributed by atoms with Gasteiger partial charge in [-0.3, -0.25) is 4.79 Å². The minimum absolute atomic E-state index is 0.119. The SMILES string of the molecule is O=C(Nc1ccccc1C=NNS(=O)(=O)c1ccc2ccccc2c1)c1ccccc1. The summed E-state index contributed by atoms with van der Waals surface area (Å²) < 4.78 is 25.2. The molecule has 0 aromatic heterocycles. The highest BCUT2D eigenvalue weighted by atomic mass is 32.2. The monoisotopic (exact) mass is 429 g/mol. The maximum absolute atomic E-state index is 12.6. The molecule has 7 heteroatoms. The zero-order valence-corrected chi connectivity index (χ0v) is 17.2. The second-order valence-corrected chi connectivity index (χ2v) is 8.43. The average molecular weight is 430 g/mol. The van der Waals surface area contributed by atoms with Crippen molar-refractivity contribution in [3.63, 3.8) is 0 Å². The molecule has 0 fully saturated rings. The highest BCUT2D eigenvalue weighted by molar-refractivity contribution is 7.89. The molecule has 1 amide bonds.